The Balaban J connectivity index is 0.000000424. The number of aldehydes is 1. The van der Waals surface area contributed by atoms with E-state index in [1.807, 2.05) is 0 Å². The summed E-state index contributed by atoms with van der Waals surface area (Å²) in [6, 6.07) is -0.646. The first-order chi connectivity index (χ1) is 6.08. The summed E-state index contributed by atoms with van der Waals surface area (Å²) in [6.45, 7) is 0. The number of carbonyl (C=O) groups is 2. The van der Waals surface area contributed by atoms with Gasteiger partial charge < -0.3 is 4.79 Å². The Kier molecular flexibility index (Phi) is 9.09. The zero-order valence-electron chi connectivity index (χ0n) is 6.75. The van der Waals surface area contributed by atoms with Gasteiger partial charge in [-0.3, -0.25) is 4.79 Å². The molecule has 0 radical (unpaired) electrons. The molecule has 0 bridgehead atoms. The number of rotatable bonds is 1. The number of hydrogen-bond acceptors (Lipinski definition) is 4. The van der Waals surface area contributed by atoms with Crippen LogP contribution in [0.5, 0.6) is 0 Å². The molecule has 1 aliphatic rings. The average Bonchev–Trinajstić information content (AvgIpc) is 2.28. The first kappa shape index (κ1) is 14.8. The van der Waals surface area contributed by atoms with Crippen molar-refractivity contribution in [1.29, 1.82) is 0 Å². The summed E-state index contributed by atoms with van der Waals surface area (Å²) in [5.74, 6) is -0.218. The summed E-state index contributed by atoms with van der Waals surface area (Å²) in [5, 5.41) is 0. The minimum atomic E-state index is -0.931. The molecule has 0 aromatic heterocycles. The third kappa shape index (κ3) is 4.89. The van der Waals surface area contributed by atoms with Gasteiger partial charge >= 0.3 is 43.6 Å². The molecule has 1 saturated heterocycles. The van der Waals surface area contributed by atoms with Crippen LogP contribution >= 0.6 is 36.3 Å². The molecular weight excluding hydrogens is 285 g/mol. The summed E-state index contributed by atoms with van der Waals surface area (Å²) in [6.07, 6.45) is 10.5. The molecule has 2 atom stereocenters. The van der Waals surface area contributed by atoms with Crippen molar-refractivity contribution < 1.29 is 9.59 Å². The maximum atomic E-state index is 10.9. The van der Waals surface area contributed by atoms with E-state index in [0.717, 1.165) is 0 Å². The second kappa shape index (κ2) is 7.99. The van der Waals surface area contributed by atoms with Gasteiger partial charge in [0, 0.05) is 0 Å². The van der Waals surface area contributed by atoms with Crippen LogP contribution in [0.3, 0.4) is 0 Å². The molecule has 1 fully saturated rings. The molecule has 2 unspecified atom stereocenters. The summed E-state index contributed by atoms with van der Waals surface area (Å²) in [5.41, 5.74) is 0. The van der Waals surface area contributed by atoms with E-state index in [4.69, 9.17) is 24.4 Å². The molecule has 0 aromatic rings. The molecule has 1 heterocycles. The summed E-state index contributed by atoms with van der Waals surface area (Å²) < 4.78 is 0.979. The van der Waals surface area contributed by atoms with Crippen LogP contribution in [0, 0.1) is 0 Å². The van der Waals surface area contributed by atoms with Gasteiger partial charge in [-0.25, -0.2) is 4.31 Å². The number of nitrogens with zero attached hydrogens (tertiary/aromatic N) is 1. The predicted octanol–water partition coefficient (Wildman–Crippen LogP) is 1.28. The van der Waals surface area contributed by atoms with Gasteiger partial charge in [0.25, 0.3) is 0 Å². The molecule has 8 heteroatoms. The topological polar surface area (TPSA) is 37.4 Å². The molecule has 0 amide bonds. The van der Waals surface area contributed by atoms with Gasteiger partial charge in [0.05, 0.1) is 0 Å². The maximum absolute atomic E-state index is 10.9. The zero-order valence-corrected chi connectivity index (χ0v) is 12.0. The molecule has 0 spiro atoms. The van der Waals surface area contributed by atoms with Crippen LogP contribution < -0.4 is 0 Å². The monoisotopic (exact) mass is 289 g/mol. The standard InChI is InChI=1S/C5H6ClNO2S.Ca.2ClH/c1-7-3(2-8)4(9)5(6)10-7;;;/h2-3,5H,1H3;;2*1H/q;+2;;/p-2. The first-order valence-corrected chi connectivity index (χ1v) is 10.6. The van der Waals surface area contributed by atoms with E-state index in [-0.39, 0.29) is 5.78 Å². The Hall–Kier alpha value is 1.78. The van der Waals surface area contributed by atoms with E-state index in [2.05, 4.69) is 0 Å². The number of hydrogen-bond donors (Lipinski definition) is 0. The van der Waals surface area contributed by atoms with Crippen LogP contribution in [0.25, 0.3) is 0 Å². The van der Waals surface area contributed by atoms with Gasteiger partial charge in [0.15, 0.2) is 10.5 Å². The van der Waals surface area contributed by atoms with Crippen molar-refractivity contribution in [3.8, 4) is 0 Å². The van der Waals surface area contributed by atoms with E-state index in [9.17, 15) is 9.59 Å². The Morgan fingerprint density at radius 3 is 2.23 bits per heavy atom. The van der Waals surface area contributed by atoms with Crippen LogP contribution in [-0.4, -0.2) is 65.0 Å². The van der Waals surface area contributed by atoms with Crippen LogP contribution in [0.4, 0.5) is 0 Å². The number of alkyl halides is 1. The molecule has 13 heavy (non-hydrogen) atoms. The molecule has 0 aromatic carbocycles. The molecule has 0 saturated carbocycles. The number of halogens is 3. The van der Waals surface area contributed by atoms with E-state index in [1.165, 1.54) is 11.9 Å². The Bertz CT molecular complexity index is 197. The minimum absolute atomic E-state index is 0.218. The van der Waals surface area contributed by atoms with Crippen LogP contribution in [0.15, 0.2) is 0 Å². The third-order valence-electron chi connectivity index (χ3n) is 1.29. The summed E-state index contributed by atoms with van der Waals surface area (Å²) >= 11 is 5.79. The Morgan fingerprint density at radius 1 is 1.62 bits per heavy atom. The second-order valence-corrected chi connectivity index (χ2v) is 7.65. The average molecular weight is 291 g/mol. The molecular formula is C5H6CaCl3NO2S. The fraction of sp³-hybridized carbons (Fsp3) is 0.600. The van der Waals surface area contributed by atoms with Crippen LogP contribution in [0.1, 0.15) is 0 Å². The quantitative estimate of drug-likeness (QED) is 0.240. The number of Topliss-reactive ketones (excluding diaryl/α,β-unsaturated/α-hetero) is 1. The first-order valence-electron chi connectivity index (χ1n) is 3.23. The molecule has 0 N–H and O–H groups in total. The van der Waals surface area contributed by atoms with Crippen molar-refractivity contribution in [2.75, 3.05) is 7.05 Å². The van der Waals surface area contributed by atoms with Crippen LogP contribution in [-0.2, 0) is 9.59 Å². The van der Waals surface area contributed by atoms with Gasteiger partial charge in [-0.2, -0.15) is 0 Å². The summed E-state index contributed by atoms with van der Waals surface area (Å²) in [4.78, 5) is 21.2. The van der Waals surface area contributed by atoms with Crippen molar-refractivity contribution in [1.82, 2.24) is 4.31 Å². The van der Waals surface area contributed by atoms with E-state index >= 15 is 0 Å². The van der Waals surface area contributed by atoms with Crippen LogP contribution in [0.2, 0.25) is 0 Å². The third-order valence-corrected chi connectivity index (χ3v) is 2.73. The fourth-order valence-corrected chi connectivity index (χ4v) is 2.06. The molecule has 72 valence electrons. The fourth-order valence-electron chi connectivity index (χ4n) is 0.730. The predicted molar refractivity (Wildman–Crippen MR) is 57.3 cm³/mol. The molecule has 1 aliphatic heterocycles. The van der Waals surface area contributed by atoms with Gasteiger partial charge in [0.1, 0.15) is 12.3 Å². The number of likely N-dealkylation sites (N-methyl/N-ethyl adjacent to an activating group) is 1. The van der Waals surface area contributed by atoms with E-state index in [1.54, 1.807) is 11.4 Å². The SMILES string of the molecule is CN1SC(Cl)C(=O)C1C=O.[Cl][Ca][Cl]. The van der Waals surface area contributed by atoms with Gasteiger partial charge in [-0.05, 0) is 7.05 Å². The Morgan fingerprint density at radius 2 is 2.08 bits per heavy atom. The van der Waals surface area contributed by atoms with E-state index in [0.29, 0.717) is 6.29 Å². The summed E-state index contributed by atoms with van der Waals surface area (Å²) in [7, 11) is 1.67. The number of carbonyl (C=O) groups excluding carboxylic acids is 2. The molecule has 1 rings (SSSR count). The second-order valence-electron chi connectivity index (χ2n) is 2.05. The van der Waals surface area contributed by atoms with Crippen molar-refractivity contribution in [2.45, 2.75) is 10.8 Å². The number of ketones is 1. The normalized spacial score (nSPS) is 27.5. The van der Waals surface area contributed by atoms with Crippen molar-refractivity contribution in [2.24, 2.45) is 0 Å². The van der Waals surface area contributed by atoms with Gasteiger partial charge in [-0.1, -0.05) is 11.9 Å². The molecule has 3 nitrogen and oxygen atoms in total. The Labute approximate surface area is 109 Å². The van der Waals surface area contributed by atoms with Gasteiger partial charge in [0.2, 0.25) is 0 Å². The van der Waals surface area contributed by atoms with Crippen molar-refractivity contribution in [3.63, 3.8) is 0 Å². The molecule has 0 aliphatic carbocycles. The van der Waals surface area contributed by atoms with E-state index < -0.39 is 41.6 Å². The van der Waals surface area contributed by atoms with Gasteiger partial charge in [-0.15, -0.1) is 11.6 Å². The van der Waals surface area contributed by atoms with Crippen molar-refractivity contribution in [3.05, 3.63) is 0 Å². The zero-order chi connectivity index (χ0) is 10.4. The van der Waals surface area contributed by atoms with Crippen molar-refractivity contribution >= 4 is 79.2 Å².